The lowest BCUT2D eigenvalue weighted by Crippen LogP contribution is -2.54. The van der Waals surface area contributed by atoms with Crippen LogP contribution in [0.4, 0.5) is 0 Å². The Morgan fingerprint density at radius 1 is 1.27 bits per heavy atom. The van der Waals surface area contributed by atoms with E-state index in [-0.39, 0.29) is 30.3 Å². The van der Waals surface area contributed by atoms with Gasteiger partial charge in [-0.25, -0.2) is 4.79 Å². The van der Waals surface area contributed by atoms with Crippen molar-refractivity contribution in [3.05, 3.63) is 34.4 Å². The van der Waals surface area contributed by atoms with Gasteiger partial charge in [-0.05, 0) is 73.1 Å². The summed E-state index contributed by atoms with van der Waals surface area (Å²) in [5.74, 6) is -1.16. The molecule has 0 bridgehead atoms. The number of carbonyl (C=O) groups is 3. The van der Waals surface area contributed by atoms with Crippen LogP contribution >= 0.6 is 0 Å². The predicted molar refractivity (Wildman–Crippen MR) is 112 cm³/mol. The van der Waals surface area contributed by atoms with Gasteiger partial charge in [0.15, 0.2) is 0 Å². The van der Waals surface area contributed by atoms with Gasteiger partial charge < -0.3 is 14.6 Å². The van der Waals surface area contributed by atoms with Crippen LogP contribution in [0.5, 0.6) is 0 Å². The van der Waals surface area contributed by atoms with Gasteiger partial charge in [-0.3, -0.25) is 9.59 Å². The van der Waals surface area contributed by atoms with Crippen molar-refractivity contribution in [3.63, 3.8) is 0 Å². The van der Waals surface area contributed by atoms with E-state index in [1.54, 1.807) is 0 Å². The van der Waals surface area contributed by atoms with Gasteiger partial charge in [0.25, 0.3) is 6.47 Å². The van der Waals surface area contributed by atoms with Gasteiger partial charge >= 0.3 is 11.9 Å². The van der Waals surface area contributed by atoms with Crippen molar-refractivity contribution in [2.24, 2.45) is 5.92 Å². The summed E-state index contributed by atoms with van der Waals surface area (Å²) in [5.41, 5.74) is 3.11. The number of carboxylic acids is 1. The molecule has 6 heteroatoms. The minimum absolute atomic E-state index is 0.137. The summed E-state index contributed by atoms with van der Waals surface area (Å²) in [4.78, 5) is 34.8. The van der Waals surface area contributed by atoms with E-state index >= 15 is 0 Å². The molecule has 1 saturated carbocycles. The maximum Gasteiger partial charge on any atom is 0.338 e. The van der Waals surface area contributed by atoms with E-state index in [1.165, 1.54) is 5.56 Å². The molecule has 1 N–H and O–H groups in total. The summed E-state index contributed by atoms with van der Waals surface area (Å²) in [5, 5.41) is 8.83. The number of aliphatic carboxylic acids is 1. The number of aryl methyl sites for hydroxylation is 1. The topological polar surface area (TPSA) is 89.9 Å². The number of benzene rings is 1. The molecule has 3 rings (SSSR count). The van der Waals surface area contributed by atoms with Gasteiger partial charge in [-0.15, -0.1) is 0 Å². The molecule has 0 spiro atoms. The summed E-state index contributed by atoms with van der Waals surface area (Å²) >= 11 is 0. The molecule has 164 valence electrons. The normalized spacial score (nSPS) is 27.7. The fourth-order valence-electron chi connectivity index (χ4n) is 5.69. The maximum absolute atomic E-state index is 12.8. The molecule has 0 amide bonds. The van der Waals surface area contributed by atoms with E-state index in [1.807, 2.05) is 26.8 Å². The van der Waals surface area contributed by atoms with Crippen molar-refractivity contribution < 1.29 is 29.0 Å². The third-order valence-corrected chi connectivity index (χ3v) is 7.18. The average Bonchev–Trinajstić information content (AvgIpc) is 2.66. The highest BCUT2D eigenvalue weighted by molar-refractivity contribution is 5.92. The molecular formula is C24H32O6. The van der Waals surface area contributed by atoms with E-state index in [2.05, 4.69) is 13.0 Å². The molecule has 2 aliphatic rings. The molecule has 0 aromatic heterocycles. The van der Waals surface area contributed by atoms with E-state index < -0.39 is 17.5 Å². The molecule has 1 aromatic carbocycles. The molecule has 1 aromatic rings. The Balaban J connectivity index is 2.03. The van der Waals surface area contributed by atoms with Gasteiger partial charge in [0.2, 0.25) is 0 Å². The highest BCUT2D eigenvalue weighted by Gasteiger charge is 2.53. The van der Waals surface area contributed by atoms with Crippen molar-refractivity contribution >= 4 is 18.4 Å². The van der Waals surface area contributed by atoms with Gasteiger partial charge in [-0.2, -0.15) is 0 Å². The van der Waals surface area contributed by atoms with Gasteiger partial charge in [0.1, 0.15) is 12.2 Å². The lowest BCUT2D eigenvalue weighted by Gasteiger charge is -2.54. The average molecular weight is 417 g/mol. The molecule has 0 heterocycles. The summed E-state index contributed by atoms with van der Waals surface area (Å²) < 4.78 is 10.9. The van der Waals surface area contributed by atoms with Crippen molar-refractivity contribution in [1.82, 2.24) is 0 Å². The summed E-state index contributed by atoms with van der Waals surface area (Å²) in [6.45, 7) is 8.74. The minimum atomic E-state index is -0.996. The fourth-order valence-corrected chi connectivity index (χ4v) is 5.69. The van der Waals surface area contributed by atoms with Crippen molar-refractivity contribution in [1.29, 1.82) is 0 Å². The largest absolute Gasteiger partial charge is 0.481 e. The monoisotopic (exact) mass is 416 g/mol. The second-order valence-corrected chi connectivity index (χ2v) is 9.42. The van der Waals surface area contributed by atoms with Crippen LogP contribution in [0.1, 0.15) is 92.8 Å². The van der Waals surface area contributed by atoms with E-state index in [9.17, 15) is 14.4 Å². The molecule has 0 saturated heterocycles. The first-order chi connectivity index (χ1) is 14.1. The van der Waals surface area contributed by atoms with Gasteiger partial charge in [0.05, 0.1) is 12.0 Å². The Kier molecular flexibility index (Phi) is 6.25. The van der Waals surface area contributed by atoms with Crippen molar-refractivity contribution in [2.75, 3.05) is 6.61 Å². The second-order valence-electron chi connectivity index (χ2n) is 9.42. The Bertz CT molecular complexity index is 844. The molecule has 0 radical (unpaired) electrons. The van der Waals surface area contributed by atoms with Crippen LogP contribution in [-0.2, 0) is 30.9 Å². The Hall–Kier alpha value is -2.37. The van der Waals surface area contributed by atoms with Crippen LogP contribution in [0.3, 0.4) is 0 Å². The highest BCUT2D eigenvalue weighted by atomic mass is 16.5. The molecular weight excluding hydrogens is 384 g/mol. The van der Waals surface area contributed by atoms with Gasteiger partial charge in [-0.1, -0.05) is 26.8 Å². The number of carbonyl (C=O) groups excluding carboxylic acids is 2. The highest BCUT2D eigenvalue weighted by Crippen LogP contribution is 2.55. The van der Waals surface area contributed by atoms with Crippen LogP contribution in [0.2, 0.25) is 0 Å². The fraction of sp³-hybridized carbons (Fsp3) is 0.625. The quantitative estimate of drug-likeness (QED) is 0.524. The minimum Gasteiger partial charge on any atom is -0.481 e. The number of fused-ring (bicyclic) bond motifs is 3. The standard InChI is InChI=1S/C24H32O6/c1-15(2)17-12-16-6-7-20-23(3,9-5-10-24(20,4)30-14-25)19(16)13-18(17)22(28)29-11-8-21(26)27/h12-15,20H,5-11H2,1-4H3,(H,26,27). The predicted octanol–water partition coefficient (Wildman–Crippen LogP) is 4.38. The summed E-state index contributed by atoms with van der Waals surface area (Å²) in [7, 11) is 0. The van der Waals surface area contributed by atoms with Crippen LogP contribution in [0, 0.1) is 5.92 Å². The van der Waals surface area contributed by atoms with Crippen LogP contribution in [0.15, 0.2) is 12.1 Å². The zero-order valence-corrected chi connectivity index (χ0v) is 18.3. The molecule has 0 aliphatic heterocycles. The molecule has 3 atom stereocenters. The Morgan fingerprint density at radius 2 is 2.00 bits per heavy atom. The maximum atomic E-state index is 12.8. The Labute approximate surface area is 177 Å². The SMILES string of the molecule is CC(C)c1cc2c(cc1C(=O)OCCC(=O)O)C1(C)CCCC(C)(OC=O)C1CC2. The molecule has 30 heavy (non-hydrogen) atoms. The van der Waals surface area contributed by atoms with Crippen molar-refractivity contribution in [3.8, 4) is 0 Å². The smallest absolute Gasteiger partial charge is 0.338 e. The van der Waals surface area contributed by atoms with Gasteiger partial charge in [0, 0.05) is 5.92 Å². The van der Waals surface area contributed by atoms with E-state index in [4.69, 9.17) is 14.6 Å². The van der Waals surface area contributed by atoms with Crippen LogP contribution in [-0.4, -0.2) is 35.7 Å². The second kappa shape index (κ2) is 8.40. The summed E-state index contributed by atoms with van der Waals surface area (Å²) in [6.07, 6.45) is 4.36. The first-order valence-corrected chi connectivity index (χ1v) is 10.8. The molecule has 1 fully saturated rings. The zero-order valence-electron chi connectivity index (χ0n) is 18.3. The molecule has 6 nitrogen and oxygen atoms in total. The van der Waals surface area contributed by atoms with Crippen LogP contribution in [0.25, 0.3) is 0 Å². The zero-order chi connectivity index (χ0) is 22.1. The van der Waals surface area contributed by atoms with Crippen LogP contribution < -0.4 is 0 Å². The number of carboxylic acid groups (broad SMARTS) is 1. The summed E-state index contributed by atoms with van der Waals surface area (Å²) in [6, 6.07) is 4.09. The van der Waals surface area contributed by atoms with E-state index in [0.717, 1.165) is 43.2 Å². The third kappa shape index (κ3) is 3.96. The molecule has 3 unspecified atom stereocenters. The lowest BCUT2D eigenvalue weighted by atomic mass is 9.53. The Morgan fingerprint density at radius 3 is 2.63 bits per heavy atom. The number of rotatable bonds is 7. The van der Waals surface area contributed by atoms with Crippen molar-refractivity contribution in [2.45, 2.75) is 83.2 Å². The third-order valence-electron chi connectivity index (χ3n) is 7.18. The number of ether oxygens (including phenoxy) is 2. The first-order valence-electron chi connectivity index (χ1n) is 10.8. The number of hydrogen-bond acceptors (Lipinski definition) is 5. The number of hydrogen-bond donors (Lipinski definition) is 1. The van der Waals surface area contributed by atoms with E-state index in [0.29, 0.717) is 12.0 Å². The lowest BCUT2D eigenvalue weighted by molar-refractivity contribution is -0.158. The molecule has 2 aliphatic carbocycles. The number of esters is 1. The first kappa shape index (κ1) is 22.3.